The summed E-state index contributed by atoms with van der Waals surface area (Å²) in [6.45, 7) is 5.13. The number of nitrogens with one attached hydrogen (secondary N) is 1. The van der Waals surface area contributed by atoms with Crippen LogP contribution in [0, 0.1) is 17.0 Å². The molecule has 7 nitrogen and oxygen atoms in total. The molecule has 0 saturated heterocycles. The van der Waals surface area contributed by atoms with Gasteiger partial charge in [-0.15, -0.1) is 0 Å². The lowest BCUT2D eigenvalue weighted by molar-refractivity contribution is -0.385. The van der Waals surface area contributed by atoms with E-state index in [9.17, 15) is 19.7 Å². The van der Waals surface area contributed by atoms with Gasteiger partial charge in [-0.1, -0.05) is 44.7 Å². The van der Waals surface area contributed by atoms with Gasteiger partial charge in [0.25, 0.3) is 11.6 Å². The lowest BCUT2D eigenvalue weighted by Crippen LogP contribution is -2.35. The molecule has 1 atom stereocenters. The first-order valence-corrected chi connectivity index (χ1v) is 8.57. The lowest BCUT2D eigenvalue weighted by Gasteiger charge is -2.14. The van der Waals surface area contributed by atoms with Crippen LogP contribution in [0.25, 0.3) is 0 Å². The molecule has 7 heteroatoms. The van der Waals surface area contributed by atoms with Crippen LogP contribution in [-0.2, 0) is 9.53 Å². The molecule has 0 unspecified atom stereocenters. The fourth-order valence-corrected chi connectivity index (χ4v) is 2.54. The zero-order chi connectivity index (χ0) is 18.8. The van der Waals surface area contributed by atoms with Gasteiger partial charge in [-0.3, -0.25) is 14.9 Å². The number of carbonyl (C=O) groups is 2. The number of nitro benzene ring substituents is 1. The molecule has 1 aromatic carbocycles. The first kappa shape index (κ1) is 20.6. The standard InChI is InChI=1S/C18H26N2O5/c1-4-5-6-7-10-14(3)19-16(21)12-25-18(22)15-11-8-9-13(2)17(15)20(23)24/h8-9,11,14H,4-7,10,12H2,1-3H3,(H,19,21)/t14-/m1/s1. The number of ether oxygens (including phenoxy) is 1. The molecule has 0 aliphatic carbocycles. The largest absolute Gasteiger partial charge is 0.452 e. The van der Waals surface area contributed by atoms with Gasteiger partial charge < -0.3 is 10.1 Å². The summed E-state index contributed by atoms with van der Waals surface area (Å²) in [4.78, 5) is 34.4. The zero-order valence-corrected chi connectivity index (χ0v) is 15.0. The molecule has 0 aliphatic rings. The number of unbranched alkanes of at least 4 members (excludes halogenated alkanes) is 3. The summed E-state index contributed by atoms with van der Waals surface area (Å²) in [5.41, 5.74) is -0.0767. The molecule has 0 aromatic heterocycles. The molecular weight excluding hydrogens is 324 g/mol. The summed E-state index contributed by atoms with van der Waals surface area (Å²) in [6.07, 6.45) is 5.35. The number of aryl methyl sites for hydroxylation is 1. The van der Waals surface area contributed by atoms with Gasteiger partial charge in [0.2, 0.25) is 0 Å². The van der Waals surface area contributed by atoms with Crippen LogP contribution in [0.2, 0.25) is 0 Å². The van der Waals surface area contributed by atoms with Crippen LogP contribution in [0.4, 0.5) is 5.69 Å². The minimum absolute atomic E-state index is 0.00337. The Balaban J connectivity index is 2.50. The first-order valence-electron chi connectivity index (χ1n) is 8.57. The van der Waals surface area contributed by atoms with Crippen molar-refractivity contribution in [2.24, 2.45) is 0 Å². The van der Waals surface area contributed by atoms with Crippen molar-refractivity contribution in [3.8, 4) is 0 Å². The van der Waals surface area contributed by atoms with Crippen LogP contribution in [0.15, 0.2) is 18.2 Å². The molecule has 0 fully saturated rings. The van der Waals surface area contributed by atoms with E-state index in [0.717, 1.165) is 25.7 Å². The molecule has 0 aliphatic heterocycles. The van der Waals surface area contributed by atoms with Crippen molar-refractivity contribution in [3.63, 3.8) is 0 Å². The van der Waals surface area contributed by atoms with Crippen molar-refractivity contribution in [3.05, 3.63) is 39.4 Å². The summed E-state index contributed by atoms with van der Waals surface area (Å²) in [6, 6.07) is 4.40. The molecule has 25 heavy (non-hydrogen) atoms. The number of benzene rings is 1. The summed E-state index contributed by atoms with van der Waals surface area (Å²) in [5.74, 6) is -1.28. The number of esters is 1. The molecule has 1 aromatic rings. The SMILES string of the molecule is CCCCCC[C@@H](C)NC(=O)COC(=O)c1cccc(C)c1[N+](=O)[O-]. The van der Waals surface area contributed by atoms with Gasteiger partial charge in [0.15, 0.2) is 6.61 Å². The summed E-state index contributed by atoms with van der Waals surface area (Å²) in [5, 5.41) is 13.9. The van der Waals surface area contributed by atoms with Crippen molar-refractivity contribution in [1.29, 1.82) is 0 Å². The molecule has 0 saturated carbocycles. The Morgan fingerprint density at radius 3 is 2.64 bits per heavy atom. The fraction of sp³-hybridized carbons (Fsp3) is 0.556. The molecule has 138 valence electrons. The van der Waals surface area contributed by atoms with Gasteiger partial charge in [0.05, 0.1) is 4.92 Å². The minimum atomic E-state index is -0.874. The average Bonchev–Trinajstić information content (AvgIpc) is 2.56. The number of hydrogen-bond acceptors (Lipinski definition) is 5. The predicted molar refractivity (Wildman–Crippen MR) is 94.5 cm³/mol. The Hall–Kier alpha value is -2.44. The minimum Gasteiger partial charge on any atom is -0.452 e. The molecule has 0 spiro atoms. The molecule has 1 rings (SSSR count). The Morgan fingerprint density at radius 1 is 1.28 bits per heavy atom. The summed E-state index contributed by atoms with van der Waals surface area (Å²) in [7, 11) is 0. The number of carbonyl (C=O) groups excluding carboxylic acids is 2. The van der Waals surface area contributed by atoms with Gasteiger partial charge in [0, 0.05) is 11.6 Å². The van der Waals surface area contributed by atoms with E-state index in [1.54, 1.807) is 13.0 Å². The van der Waals surface area contributed by atoms with Gasteiger partial charge in [0.1, 0.15) is 5.56 Å². The third-order valence-electron chi connectivity index (χ3n) is 3.87. The van der Waals surface area contributed by atoms with Gasteiger partial charge in [-0.25, -0.2) is 4.79 Å². The van der Waals surface area contributed by atoms with Crippen LogP contribution in [-0.4, -0.2) is 29.4 Å². The van der Waals surface area contributed by atoms with E-state index in [2.05, 4.69) is 12.2 Å². The maximum atomic E-state index is 12.0. The fourth-order valence-electron chi connectivity index (χ4n) is 2.54. The molecular formula is C18H26N2O5. The molecule has 0 bridgehead atoms. The number of nitro groups is 1. The van der Waals surface area contributed by atoms with E-state index in [1.165, 1.54) is 18.6 Å². The van der Waals surface area contributed by atoms with Crippen molar-refractivity contribution in [1.82, 2.24) is 5.32 Å². The van der Waals surface area contributed by atoms with Crippen LogP contribution in [0.3, 0.4) is 0 Å². The second-order valence-corrected chi connectivity index (χ2v) is 6.12. The number of rotatable bonds is 10. The first-order chi connectivity index (χ1) is 11.9. The summed E-state index contributed by atoms with van der Waals surface area (Å²) < 4.78 is 4.92. The Kier molecular flexibility index (Phi) is 8.60. The highest BCUT2D eigenvalue weighted by Gasteiger charge is 2.24. The number of para-hydroxylation sites is 1. The van der Waals surface area contributed by atoms with E-state index < -0.39 is 23.4 Å². The molecule has 0 radical (unpaired) electrons. The average molecular weight is 350 g/mol. The molecule has 0 heterocycles. The monoisotopic (exact) mass is 350 g/mol. The number of hydrogen-bond donors (Lipinski definition) is 1. The smallest absolute Gasteiger partial charge is 0.345 e. The Bertz CT molecular complexity index is 615. The van der Waals surface area contributed by atoms with E-state index >= 15 is 0 Å². The Morgan fingerprint density at radius 2 is 2.00 bits per heavy atom. The van der Waals surface area contributed by atoms with E-state index in [1.807, 2.05) is 6.92 Å². The summed E-state index contributed by atoms with van der Waals surface area (Å²) >= 11 is 0. The quantitative estimate of drug-likeness (QED) is 0.301. The van der Waals surface area contributed by atoms with Gasteiger partial charge >= 0.3 is 5.97 Å². The molecule has 1 N–H and O–H groups in total. The van der Waals surface area contributed by atoms with Crippen molar-refractivity contribution < 1.29 is 19.2 Å². The van der Waals surface area contributed by atoms with Crippen molar-refractivity contribution in [2.75, 3.05) is 6.61 Å². The van der Waals surface area contributed by atoms with E-state index in [4.69, 9.17) is 4.74 Å². The second kappa shape index (κ2) is 10.4. The highest BCUT2D eigenvalue weighted by molar-refractivity contribution is 5.95. The van der Waals surface area contributed by atoms with Gasteiger partial charge in [-0.05, 0) is 26.3 Å². The Labute approximate surface area is 147 Å². The number of amides is 1. The number of nitrogens with zero attached hydrogens (tertiary/aromatic N) is 1. The van der Waals surface area contributed by atoms with Crippen molar-refractivity contribution in [2.45, 2.75) is 58.9 Å². The van der Waals surface area contributed by atoms with Crippen molar-refractivity contribution >= 4 is 17.6 Å². The maximum Gasteiger partial charge on any atom is 0.345 e. The predicted octanol–water partition coefficient (Wildman–Crippen LogP) is 3.54. The van der Waals surface area contributed by atoms with Crippen LogP contribution >= 0.6 is 0 Å². The second-order valence-electron chi connectivity index (χ2n) is 6.12. The third-order valence-corrected chi connectivity index (χ3v) is 3.87. The maximum absolute atomic E-state index is 12.0. The van der Waals surface area contributed by atoms with E-state index in [-0.39, 0.29) is 17.3 Å². The normalized spacial score (nSPS) is 11.6. The zero-order valence-electron chi connectivity index (χ0n) is 15.0. The molecule has 1 amide bonds. The topological polar surface area (TPSA) is 98.5 Å². The van der Waals surface area contributed by atoms with Crippen LogP contribution < -0.4 is 5.32 Å². The van der Waals surface area contributed by atoms with Crippen LogP contribution in [0.5, 0.6) is 0 Å². The third kappa shape index (κ3) is 6.91. The highest BCUT2D eigenvalue weighted by Crippen LogP contribution is 2.23. The van der Waals surface area contributed by atoms with E-state index in [0.29, 0.717) is 5.56 Å². The lowest BCUT2D eigenvalue weighted by atomic mass is 10.1. The highest BCUT2D eigenvalue weighted by atomic mass is 16.6. The van der Waals surface area contributed by atoms with Gasteiger partial charge in [-0.2, -0.15) is 0 Å². The van der Waals surface area contributed by atoms with Crippen LogP contribution in [0.1, 0.15) is 61.9 Å².